The third kappa shape index (κ3) is 3.94. The normalized spacial score (nSPS) is 12.2. The van der Waals surface area contributed by atoms with E-state index in [1.807, 2.05) is 6.92 Å². The molecule has 1 atom stereocenters. The zero-order valence-electron chi connectivity index (χ0n) is 9.37. The number of carbonyl (C=O) groups is 1. The van der Waals surface area contributed by atoms with E-state index in [2.05, 4.69) is 15.0 Å². The molecule has 1 N–H and O–H groups in total. The largest absolute Gasteiger partial charge is 0.469 e. The molecule has 0 bridgehead atoms. The highest BCUT2D eigenvalue weighted by Gasteiger charge is 2.07. The second kappa shape index (κ2) is 6.17. The fourth-order valence-electron chi connectivity index (χ4n) is 1.28. The van der Waals surface area contributed by atoms with Gasteiger partial charge in [-0.15, -0.1) is 0 Å². The van der Waals surface area contributed by atoms with Crippen molar-refractivity contribution in [1.29, 1.82) is 0 Å². The summed E-state index contributed by atoms with van der Waals surface area (Å²) in [6, 6.07) is 1.37. The smallest absolute Gasteiger partial charge is 0.306 e. The van der Waals surface area contributed by atoms with Crippen molar-refractivity contribution in [2.75, 3.05) is 13.7 Å². The van der Waals surface area contributed by atoms with Crippen molar-refractivity contribution in [3.8, 4) is 0 Å². The molecule has 0 fully saturated rings. The van der Waals surface area contributed by atoms with Gasteiger partial charge in [-0.2, -0.15) is 0 Å². The molecule has 16 heavy (non-hydrogen) atoms. The molecule has 4 nitrogen and oxygen atoms in total. The van der Waals surface area contributed by atoms with Crippen molar-refractivity contribution in [3.63, 3.8) is 0 Å². The minimum atomic E-state index is -0.362. The van der Waals surface area contributed by atoms with E-state index in [0.29, 0.717) is 13.0 Å². The minimum absolute atomic E-state index is 0.0483. The van der Waals surface area contributed by atoms with Crippen LogP contribution in [0.4, 0.5) is 4.39 Å². The zero-order chi connectivity index (χ0) is 12.0. The summed E-state index contributed by atoms with van der Waals surface area (Å²) in [6.45, 7) is 2.37. The summed E-state index contributed by atoms with van der Waals surface area (Å²) in [5, 5.41) is 3.08. The van der Waals surface area contributed by atoms with Gasteiger partial charge in [-0.25, -0.2) is 4.39 Å². The molecule has 1 unspecified atom stereocenters. The van der Waals surface area contributed by atoms with Crippen molar-refractivity contribution in [1.82, 2.24) is 10.3 Å². The summed E-state index contributed by atoms with van der Waals surface area (Å²) in [5.74, 6) is -0.629. The molecule has 0 aliphatic heterocycles. The number of methoxy groups -OCH3 is 1. The molecule has 0 radical (unpaired) electrons. The highest BCUT2D eigenvalue weighted by atomic mass is 19.1. The Hall–Kier alpha value is -1.49. The maximum absolute atomic E-state index is 12.9. The number of nitrogens with zero attached hydrogens (tertiary/aromatic N) is 1. The standard InChI is InChI=1S/C11H15FN2O2/c1-8(14-4-3-11(15)16-2)9-5-10(12)7-13-6-9/h5-8,14H,3-4H2,1-2H3. The second-order valence-electron chi connectivity index (χ2n) is 3.44. The first kappa shape index (κ1) is 12.6. The van der Waals surface area contributed by atoms with Gasteiger partial charge in [0.25, 0.3) is 0 Å². The van der Waals surface area contributed by atoms with Crippen LogP contribution in [0, 0.1) is 5.82 Å². The van der Waals surface area contributed by atoms with Gasteiger partial charge in [-0.3, -0.25) is 9.78 Å². The Bertz CT molecular complexity index is 358. The van der Waals surface area contributed by atoms with E-state index in [9.17, 15) is 9.18 Å². The van der Waals surface area contributed by atoms with Crippen LogP contribution in [0.3, 0.4) is 0 Å². The lowest BCUT2D eigenvalue weighted by Gasteiger charge is -2.13. The molecule has 0 aliphatic rings. The number of hydrogen-bond acceptors (Lipinski definition) is 4. The van der Waals surface area contributed by atoms with Gasteiger partial charge in [-0.05, 0) is 18.6 Å². The topological polar surface area (TPSA) is 51.2 Å². The number of hydrogen-bond donors (Lipinski definition) is 1. The lowest BCUT2D eigenvalue weighted by molar-refractivity contribution is -0.140. The maximum atomic E-state index is 12.9. The Balaban J connectivity index is 2.40. The van der Waals surface area contributed by atoms with Crippen LogP contribution in [0.1, 0.15) is 24.9 Å². The number of aromatic nitrogens is 1. The fraction of sp³-hybridized carbons (Fsp3) is 0.455. The molecular weight excluding hydrogens is 211 g/mol. The van der Waals surface area contributed by atoms with Gasteiger partial charge < -0.3 is 10.1 Å². The van der Waals surface area contributed by atoms with Gasteiger partial charge in [0.05, 0.1) is 19.7 Å². The van der Waals surface area contributed by atoms with Crippen molar-refractivity contribution in [2.24, 2.45) is 0 Å². The van der Waals surface area contributed by atoms with E-state index >= 15 is 0 Å². The monoisotopic (exact) mass is 226 g/mol. The molecule has 1 aromatic heterocycles. The Kier molecular flexibility index (Phi) is 4.85. The molecular formula is C11H15FN2O2. The van der Waals surface area contributed by atoms with Crippen molar-refractivity contribution in [2.45, 2.75) is 19.4 Å². The van der Waals surface area contributed by atoms with Crippen LogP contribution < -0.4 is 5.32 Å². The van der Waals surface area contributed by atoms with Gasteiger partial charge in [0.15, 0.2) is 0 Å². The molecule has 0 amide bonds. The SMILES string of the molecule is COC(=O)CCNC(C)c1cncc(F)c1. The number of rotatable bonds is 5. The molecule has 0 saturated carbocycles. The molecule has 0 spiro atoms. The summed E-state index contributed by atoms with van der Waals surface area (Å²) in [5.41, 5.74) is 0.755. The van der Waals surface area contributed by atoms with E-state index < -0.39 is 0 Å². The maximum Gasteiger partial charge on any atom is 0.306 e. The van der Waals surface area contributed by atoms with Gasteiger partial charge in [0, 0.05) is 18.8 Å². The van der Waals surface area contributed by atoms with Crippen molar-refractivity contribution >= 4 is 5.97 Å². The Morgan fingerprint density at radius 3 is 3.00 bits per heavy atom. The molecule has 0 saturated heterocycles. The number of nitrogens with one attached hydrogen (secondary N) is 1. The van der Waals surface area contributed by atoms with E-state index in [1.165, 1.54) is 13.2 Å². The first-order chi connectivity index (χ1) is 7.63. The van der Waals surface area contributed by atoms with Crippen molar-refractivity contribution in [3.05, 3.63) is 29.8 Å². The molecule has 1 rings (SSSR count). The van der Waals surface area contributed by atoms with Crippen LogP contribution in [-0.4, -0.2) is 24.6 Å². The molecule has 0 aliphatic carbocycles. The summed E-state index contributed by atoms with van der Waals surface area (Å²) < 4.78 is 17.4. The van der Waals surface area contributed by atoms with Crippen LogP contribution in [0.2, 0.25) is 0 Å². The average Bonchev–Trinajstić information content (AvgIpc) is 2.28. The predicted octanol–water partition coefficient (Wildman–Crippen LogP) is 1.43. The Morgan fingerprint density at radius 2 is 2.38 bits per heavy atom. The fourth-order valence-corrected chi connectivity index (χ4v) is 1.28. The summed E-state index contributed by atoms with van der Waals surface area (Å²) >= 11 is 0. The highest BCUT2D eigenvalue weighted by molar-refractivity contribution is 5.69. The third-order valence-corrected chi connectivity index (χ3v) is 2.23. The lowest BCUT2D eigenvalue weighted by atomic mass is 10.1. The minimum Gasteiger partial charge on any atom is -0.469 e. The predicted molar refractivity (Wildman–Crippen MR) is 57.2 cm³/mol. The quantitative estimate of drug-likeness (QED) is 0.772. The average molecular weight is 226 g/mol. The van der Waals surface area contributed by atoms with Crippen molar-refractivity contribution < 1.29 is 13.9 Å². The second-order valence-corrected chi connectivity index (χ2v) is 3.44. The number of ether oxygens (including phenoxy) is 1. The van der Waals surface area contributed by atoms with Gasteiger partial charge in [0.2, 0.25) is 0 Å². The van der Waals surface area contributed by atoms with E-state index in [-0.39, 0.29) is 17.8 Å². The summed E-state index contributed by atoms with van der Waals surface area (Å²) in [4.78, 5) is 14.6. The first-order valence-corrected chi connectivity index (χ1v) is 5.04. The number of halogens is 1. The van der Waals surface area contributed by atoms with Gasteiger partial charge in [0.1, 0.15) is 5.82 Å². The number of carbonyl (C=O) groups excluding carboxylic acids is 1. The Morgan fingerprint density at radius 1 is 1.62 bits per heavy atom. The first-order valence-electron chi connectivity index (χ1n) is 5.04. The van der Waals surface area contributed by atoms with Gasteiger partial charge in [-0.1, -0.05) is 0 Å². The highest BCUT2D eigenvalue weighted by Crippen LogP contribution is 2.11. The number of pyridine rings is 1. The van der Waals surface area contributed by atoms with Crippen LogP contribution >= 0.6 is 0 Å². The van der Waals surface area contributed by atoms with Crippen LogP contribution in [0.25, 0.3) is 0 Å². The van der Waals surface area contributed by atoms with E-state index in [0.717, 1.165) is 11.8 Å². The zero-order valence-corrected chi connectivity index (χ0v) is 9.37. The molecule has 1 heterocycles. The summed E-state index contributed by atoms with van der Waals surface area (Å²) in [7, 11) is 1.35. The molecule has 0 aromatic carbocycles. The summed E-state index contributed by atoms with van der Waals surface area (Å²) in [6.07, 6.45) is 3.05. The van der Waals surface area contributed by atoms with E-state index in [1.54, 1.807) is 6.20 Å². The molecule has 88 valence electrons. The van der Waals surface area contributed by atoms with E-state index in [4.69, 9.17) is 0 Å². The van der Waals surface area contributed by atoms with Crippen LogP contribution in [-0.2, 0) is 9.53 Å². The molecule has 1 aromatic rings. The molecule has 5 heteroatoms. The third-order valence-electron chi connectivity index (χ3n) is 2.23. The van der Waals surface area contributed by atoms with Crippen LogP contribution in [0.15, 0.2) is 18.5 Å². The van der Waals surface area contributed by atoms with Crippen LogP contribution in [0.5, 0.6) is 0 Å². The lowest BCUT2D eigenvalue weighted by Crippen LogP contribution is -2.22. The Labute approximate surface area is 93.8 Å². The number of esters is 1. The van der Waals surface area contributed by atoms with Gasteiger partial charge >= 0.3 is 5.97 Å².